The zero-order valence-corrected chi connectivity index (χ0v) is 23.4. The number of carbonyl (C=O) groups excluding carboxylic acids is 1. The number of para-hydroxylation sites is 2. The molecule has 1 saturated heterocycles. The summed E-state index contributed by atoms with van der Waals surface area (Å²) in [5, 5.41) is 25.0. The number of halogens is 2. The Morgan fingerprint density at radius 3 is 2.56 bits per heavy atom. The second-order valence-corrected chi connectivity index (χ2v) is 9.86. The van der Waals surface area contributed by atoms with Crippen LogP contribution in [0.25, 0.3) is 0 Å². The van der Waals surface area contributed by atoms with E-state index in [0.717, 1.165) is 0 Å². The maximum atomic E-state index is 12.9. The molecule has 216 valence electrons. The molecule has 0 spiro atoms. The predicted molar refractivity (Wildman–Crippen MR) is 153 cm³/mol. The first-order valence-corrected chi connectivity index (χ1v) is 13.3. The number of urea groups is 1. The Kier molecular flexibility index (Phi) is 9.63. The van der Waals surface area contributed by atoms with Crippen molar-refractivity contribution in [3.8, 4) is 5.75 Å². The normalized spacial score (nSPS) is 14.4. The number of carboxylic acid groups (broad SMARTS) is 2. The lowest BCUT2D eigenvalue weighted by Gasteiger charge is -2.26. The average Bonchev–Trinajstić information content (AvgIpc) is 3.44. The highest BCUT2D eigenvalue weighted by Gasteiger charge is 2.33. The molecular weight excluding hydrogens is 577 g/mol. The molecule has 0 unspecified atom stereocenters. The summed E-state index contributed by atoms with van der Waals surface area (Å²) in [6.45, 7) is 0.506. The number of aliphatic carboxylic acids is 2. The number of anilines is 4. The maximum Gasteiger partial charge on any atom is 0.326 e. The van der Waals surface area contributed by atoms with E-state index >= 15 is 0 Å². The molecule has 1 aromatic heterocycles. The van der Waals surface area contributed by atoms with Gasteiger partial charge in [-0.15, -0.1) is 0 Å². The van der Waals surface area contributed by atoms with Crippen LogP contribution in [0.2, 0.25) is 10.0 Å². The molecule has 0 saturated carbocycles. The lowest BCUT2D eigenvalue weighted by molar-refractivity contribution is -0.138. The minimum atomic E-state index is -1.04. The first-order valence-electron chi connectivity index (χ1n) is 12.5. The van der Waals surface area contributed by atoms with Gasteiger partial charge in [-0.1, -0.05) is 41.4 Å². The van der Waals surface area contributed by atoms with Crippen molar-refractivity contribution in [3.63, 3.8) is 0 Å². The molecule has 4 rings (SSSR count). The van der Waals surface area contributed by atoms with E-state index in [4.69, 9.17) is 27.9 Å². The van der Waals surface area contributed by atoms with Crippen molar-refractivity contribution in [2.24, 2.45) is 0 Å². The van der Waals surface area contributed by atoms with Crippen LogP contribution in [0.1, 0.15) is 24.8 Å². The summed E-state index contributed by atoms with van der Waals surface area (Å²) in [5.41, 5.74) is 1.09. The molecule has 2 heterocycles. The van der Waals surface area contributed by atoms with Gasteiger partial charge in [0.05, 0.1) is 29.3 Å². The van der Waals surface area contributed by atoms with Crippen molar-refractivity contribution in [3.05, 3.63) is 58.1 Å². The van der Waals surface area contributed by atoms with Crippen molar-refractivity contribution in [2.45, 2.75) is 31.8 Å². The van der Waals surface area contributed by atoms with E-state index in [1.165, 1.54) is 12.0 Å². The standard InChI is InChI=1S/C26H27Cl2N7O6/c1-41-20-7-3-2-5-18(20)29-26(40)32-23-30-24(33-25(31-23)35-11-4-6-19(35)22(38)39)34(12-10-21(36)37)14-15-8-9-16(27)17(28)13-15/h2-3,5,7-9,13,19H,4,6,10-12,14H2,1H3,(H,36,37)(H,38,39)(H2,29,30,31,32,33,40)/t19-/m0/s1. The molecule has 3 aromatic rings. The van der Waals surface area contributed by atoms with Gasteiger partial charge in [-0.3, -0.25) is 10.1 Å². The Bertz CT molecular complexity index is 1440. The number of carboxylic acids is 2. The Morgan fingerprint density at radius 2 is 1.85 bits per heavy atom. The molecule has 1 atom stereocenters. The smallest absolute Gasteiger partial charge is 0.326 e. The monoisotopic (exact) mass is 603 g/mol. The van der Waals surface area contributed by atoms with Crippen LogP contribution in [-0.2, 0) is 16.1 Å². The second kappa shape index (κ2) is 13.3. The van der Waals surface area contributed by atoms with Crippen molar-refractivity contribution < 1.29 is 29.3 Å². The van der Waals surface area contributed by atoms with Gasteiger partial charge in [0.2, 0.25) is 17.8 Å². The number of aromatic nitrogens is 3. The minimum absolute atomic E-state index is 0.00571. The lowest BCUT2D eigenvalue weighted by atomic mass is 10.2. The summed E-state index contributed by atoms with van der Waals surface area (Å²) in [5.74, 6) is -1.75. The minimum Gasteiger partial charge on any atom is -0.495 e. The third-order valence-electron chi connectivity index (χ3n) is 6.22. The van der Waals surface area contributed by atoms with Gasteiger partial charge in [0, 0.05) is 19.6 Å². The molecular formula is C26H27Cl2N7O6. The quantitative estimate of drug-likeness (QED) is 0.245. The fourth-order valence-electron chi connectivity index (χ4n) is 4.28. The summed E-state index contributed by atoms with van der Waals surface area (Å²) < 4.78 is 5.27. The van der Waals surface area contributed by atoms with Crippen LogP contribution in [0.3, 0.4) is 0 Å². The Balaban J connectivity index is 1.70. The second-order valence-electron chi connectivity index (χ2n) is 9.04. The van der Waals surface area contributed by atoms with Crippen LogP contribution in [0, 0.1) is 0 Å². The van der Waals surface area contributed by atoms with E-state index in [-0.39, 0.29) is 37.4 Å². The molecule has 1 fully saturated rings. The van der Waals surface area contributed by atoms with Crippen LogP contribution in [-0.4, -0.2) is 69.4 Å². The van der Waals surface area contributed by atoms with Gasteiger partial charge in [-0.05, 0) is 42.7 Å². The number of ether oxygens (including phenoxy) is 1. The molecule has 0 radical (unpaired) electrons. The molecule has 4 N–H and O–H groups in total. The number of amides is 2. The van der Waals surface area contributed by atoms with E-state index < -0.39 is 24.0 Å². The number of hydrogen-bond donors (Lipinski definition) is 4. The maximum absolute atomic E-state index is 12.9. The Hall–Kier alpha value is -4.36. The number of nitrogens with zero attached hydrogens (tertiary/aromatic N) is 5. The summed E-state index contributed by atoms with van der Waals surface area (Å²) >= 11 is 12.2. The molecule has 2 aromatic carbocycles. The van der Waals surface area contributed by atoms with Gasteiger partial charge >= 0.3 is 18.0 Å². The predicted octanol–water partition coefficient (Wildman–Crippen LogP) is 4.37. The highest BCUT2D eigenvalue weighted by atomic mass is 35.5. The van der Waals surface area contributed by atoms with Gasteiger partial charge in [0.25, 0.3) is 0 Å². The molecule has 1 aliphatic rings. The summed E-state index contributed by atoms with van der Waals surface area (Å²) in [7, 11) is 1.47. The lowest BCUT2D eigenvalue weighted by Crippen LogP contribution is -2.38. The molecule has 15 heteroatoms. The highest BCUT2D eigenvalue weighted by Crippen LogP contribution is 2.28. The van der Waals surface area contributed by atoms with Crippen LogP contribution in [0.4, 0.5) is 28.3 Å². The van der Waals surface area contributed by atoms with Gasteiger partial charge in [0.1, 0.15) is 11.8 Å². The van der Waals surface area contributed by atoms with Crippen molar-refractivity contribution in [1.29, 1.82) is 0 Å². The molecule has 41 heavy (non-hydrogen) atoms. The number of methoxy groups -OCH3 is 1. The third-order valence-corrected chi connectivity index (χ3v) is 6.96. The van der Waals surface area contributed by atoms with Crippen LogP contribution in [0.15, 0.2) is 42.5 Å². The first kappa shape index (κ1) is 29.6. The molecule has 13 nitrogen and oxygen atoms in total. The van der Waals surface area contributed by atoms with Crippen molar-refractivity contribution >= 4 is 64.7 Å². The molecule has 0 bridgehead atoms. The van der Waals surface area contributed by atoms with Crippen molar-refractivity contribution in [2.75, 3.05) is 40.6 Å². The molecule has 0 aliphatic carbocycles. The van der Waals surface area contributed by atoms with Gasteiger partial charge in [0.15, 0.2) is 0 Å². The van der Waals surface area contributed by atoms with Gasteiger partial charge in [-0.25, -0.2) is 9.59 Å². The fraction of sp³-hybridized carbons (Fsp3) is 0.308. The third kappa shape index (κ3) is 7.64. The van der Waals surface area contributed by atoms with Gasteiger partial charge < -0.3 is 30.1 Å². The van der Waals surface area contributed by atoms with E-state index in [9.17, 15) is 24.6 Å². The number of benzene rings is 2. The molecule has 1 aliphatic heterocycles. The number of rotatable bonds is 11. The van der Waals surface area contributed by atoms with Crippen LogP contribution < -0.4 is 25.2 Å². The summed E-state index contributed by atoms with van der Waals surface area (Å²) in [6.07, 6.45) is 0.737. The largest absolute Gasteiger partial charge is 0.495 e. The zero-order valence-electron chi connectivity index (χ0n) is 21.9. The molecule has 2 amide bonds. The number of carbonyl (C=O) groups is 3. The van der Waals surface area contributed by atoms with Crippen molar-refractivity contribution in [1.82, 2.24) is 15.0 Å². The van der Waals surface area contributed by atoms with Gasteiger partial charge in [-0.2, -0.15) is 15.0 Å². The fourth-order valence-corrected chi connectivity index (χ4v) is 4.60. The first-order chi connectivity index (χ1) is 19.6. The van der Waals surface area contributed by atoms with Crippen LogP contribution in [0.5, 0.6) is 5.75 Å². The topological polar surface area (TPSA) is 170 Å². The zero-order chi connectivity index (χ0) is 29.5. The highest BCUT2D eigenvalue weighted by molar-refractivity contribution is 6.42. The average molecular weight is 604 g/mol. The van der Waals surface area contributed by atoms with E-state index in [1.54, 1.807) is 47.4 Å². The van der Waals surface area contributed by atoms with Crippen LogP contribution >= 0.6 is 23.2 Å². The van der Waals surface area contributed by atoms with E-state index in [0.29, 0.717) is 46.4 Å². The Labute approximate surface area is 245 Å². The summed E-state index contributed by atoms with van der Waals surface area (Å²) in [4.78, 5) is 52.6. The Morgan fingerprint density at radius 1 is 1.07 bits per heavy atom. The van der Waals surface area contributed by atoms with E-state index in [1.807, 2.05) is 0 Å². The number of hydrogen-bond acceptors (Lipinski definition) is 9. The number of nitrogens with one attached hydrogen (secondary N) is 2. The van der Waals surface area contributed by atoms with E-state index in [2.05, 4.69) is 25.6 Å². The summed E-state index contributed by atoms with van der Waals surface area (Å²) in [6, 6.07) is 10.2. The SMILES string of the molecule is COc1ccccc1NC(=O)Nc1nc(N(CCC(=O)O)Cc2ccc(Cl)c(Cl)c2)nc(N2CCC[C@H]2C(=O)O)n1.